The number of nitrogen functional groups attached to an aromatic ring is 1. The molecule has 1 amide bonds. The Kier molecular flexibility index (Phi) is 3.58. The highest BCUT2D eigenvalue weighted by molar-refractivity contribution is 5.99. The molecule has 0 aliphatic heterocycles. The maximum absolute atomic E-state index is 12.1. The zero-order valence-electron chi connectivity index (χ0n) is 9.94. The van der Waals surface area contributed by atoms with Gasteiger partial charge in [-0.1, -0.05) is 13.3 Å². The Morgan fingerprint density at radius 3 is 3.00 bits per heavy atom. The highest BCUT2D eigenvalue weighted by Gasteiger charge is 2.25. The molecule has 17 heavy (non-hydrogen) atoms. The predicted octanol–water partition coefficient (Wildman–Crippen LogP) is 1.29. The minimum absolute atomic E-state index is 0.0842. The van der Waals surface area contributed by atoms with Gasteiger partial charge in [0.2, 0.25) is 0 Å². The van der Waals surface area contributed by atoms with Crippen LogP contribution in [0.1, 0.15) is 36.5 Å². The van der Waals surface area contributed by atoms with E-state index < -0.39 is 0 Å². The van der Waals surface area contributed by atoms with E-state index in [1.165, 1.54) is 12.8 Å². The van der Waals surface area contributed by atoms with Gasteiger partial charge in [0.15, 0.2) is 0 Å². The Morgan fingerprint density at radius 2 is 2.35 bits per heavy atom. The van der Waals surface area contributed by atoms with Crippen molar-refractivity contribution >= 4 is 11.6 Å². The van der Waals surface area contributed by atoms with E-state index in [4.69, 9.17) is 5.84 Å². The number of nitrogens with zero attached hydrogens (tertiary/aromatic N) is 1. The molecule has 0 saturated heterocycles. The molecular weight excluding hydrogens is 216 g/mol. The summed E-state index contributed by atoms with van der Waals surface area (Å²) in [5.74, 6) is 5.82. The van der Waals surface area contributed by atoms with Crippen LogP contribution in [0.3, 0.4) is 0 Å². The van der Waals surface area contributed by atoms with Crippen LogP contribution in [0.4, 0.5) is 5.69 Å². The van der Waals surface area contributed by atoms with Gasteiger partial charge >= 0.3 is 0 Å². The van der Waals surface area contributed by atoms with Gasteiger partial charge in [-0.3, -0.25) is 15.6 Å². The molecule has 92 valence electrons. The highest BCUT2D eigenvalue weighted by atomic mass is 16.1. The molecule has 1 aliphatic rings. The molecule has 0 aromatic carbocycles. The zero-order chi connectivity index (χ0) is 12.3. The molecule has 0 spiro atoms. The number of anilines is 1. The molecule has 5 nitrogen and oxygen atoms in total. The number of hydrogen-bond donors (Lipinski definition) is 3. The van der Waals surface area contributed by atoms with Crippen molar-refractivity contribution in [2.45, 2.75) is 32.2 Å². The molecule has 1 aromatic heterocycles. The van der Waals surface area contributed by atoms with E-state index in [0.29, 0.717) is 17.2 Å². The average molecular weight is 234 g/mol. The maximum Gasteiger partial charge on any atom is 0.253 e. The molecule has 1 fully saturated rings. The van der Waals surface area contributed by atoms with Crippen molar-refractivity contribution in [3.05, 3.63) is 24.0 Å². The van der Waals surface area contributed by atoms with E-state index >= 15 is 0 Å². The average Bonchev–Trinajstić information content (AvgIpc) is 2.75. The summed E-state index contributed by atoms with van der Waals surface area (Å²) in [5.41, 5.74) is 3.58. The van der Waals surface area contributed by atoms with Gasteiger partial charge in [-0.05, 0) is 24.8 Å². The molecule has 1 aliphatic carbocycles. The van der Waals surface area contributed by atoms with Gasteiger partial charge in [0.05, 0.1) is 17.4 Å². The van der Waals surface area contributed by atoms with Crippen molar-refractivity contribution < 1.29 is 4.79 Å². The van der Waals surface area contributed by atoms with Crippen LogP contribution in [0, 0.1) is 5.92 Å². The summed E-state index contributed by atoms with van der Waals surface area (Å²) in [7, 11) is 0. The molecular formula is C12H18N4O. The van der Waals surface area contributed by atoms with E-state index in [2.05, 4.69) is 22.7 Å². The fourth-order valence-electron chi connectivity index (χ4n) is 2.31. The summed E-state index contributed by atoms with van der Waals surface area (Å²) in [6, 6.07) is 1.95. The van der Waals surface area contributed by atoms with Crippen LogP contribution in [0.5, 0.6) is 0 Å². The Labute approximate surface area is 101 Å². The lowest BCUT2D eigenvalue weighted by Gasteiger charge is -2.18. The number of carbonyl (C=O) groups is 1. The number of carbonyl (C=O) groups excluding carboxylic acids is 1. The SMILES string of the molecule is CC1CCCC1NC(=O)c1ccncc1NN. The van der Waals surface area contributed by atoms with E-state index in [0.717, 1.165) is 6.42 Å². The quantitative estimate of drug-likeness (QED) is 0.544. The molecule has 1 aromatic rings. The molecule has 2 unspecified atom stereocenters. The zero-order valence-corrected chi connectivity index (χ0v) is 9.94. The fourth-order valence-corrected chi connectivity index (χ4v) is 2.31. The van der Waals surface area contributed by atoms with Crippen LogP contribution in [-0.2, 0) is 0 Å². The first kappa shape index (κ1) is 11.9. The van der Waals surface area contributed by atoms with Crippen LogP contribution in [0.25, 0.3) is 0 Å². The van der Waals surface area contributed by atoms with Crippen molar-refractivity contribution in [3.8, 4) is 0 Å². The Morgan fingerprint density at radius 1 is 1.53 bits per heavy atom. The third-order valence-corrected chi connectivity index (χ3v) is 3.40. The summed E-state index contributed by atoms with van der Waals surface area (Å²) in [4.78, 5) is 16.0. The predicted molar refractivity (Wildman–Crippen MR) is 66.3 cm³/mol. The Balaban J connectivity index is 2.09. The van der Waals surface area contributed by atoms with Crippen molar-refractivity contribution in [2.75, 3.05) is 5.43 Å². The van der Waals surface area contributed by atoms with E-state index in [1.807, 2.05) is 0 Å². The third-order valence-electron chi connectivity index (χ3n) is 3.40. The van der Waals surface area contributed by atoms with Gasteiger partial charge in [0.25, 0.3) is 5.91 Å². The smallest absolute Gasteiger partial charge is 0.253 e. The monoisotopic (exact) mass is 234 g/mol. The van der Waals surface area contributed by atoms with Gasteiger partial charge in [0, 0.05) is 12.2 Å². The van der Waals surface area contributed by atoms with Crippen molar-refractivity contribution in [2.24, 2.45) is 11.8 Å². The van der Waals surface area contributed by atoms with Crippen LogP contribution in [-0.4, -0.2) is 16.9 Å². The van der Waals surface area contributed by atoms with Gasteiger partial charge in [-0.15, -0.1) is 0 Å². The van der Waals surface area contributed by atoms with Crippen LogP contribution < -0.4 is 16.6 Å². The van der Waals surface area contributed by atoms with Gasteiger partial charge in [-0.2, -0.15) is 0 Å². The summed E-state index contributed by atoms with van der Waals surface area (Å²) < 4.78 is 0. The normalized spacial score (nSPS) is 23.4. The number of nitrogens with two attached hydrogens (primary N) is 1. The first-order valence-corrected chi connectivity index (χ1v) is 5.94. The molecule has 2 atom stereocenters. The number of rotatable bonds is 3. The molecule has 4 N–H and O–H groups in total. The lowest BCUT2D eigenvalue weighted by atomic mass is 10.1. The summed E-state index contributed by atoms with van der Waals surface area (Å²) in [6.07, 6.45) is 6.57. The van der Waals surface area contributed by atoms with Crippen molar-refractivity contribution in [3.63, 3.8) is 0 Å². The molecule has 1 saturated carbocycles. The summed E-state index contributed by atoms with van der Waals surface area (Å²) in [5, 5.41) is 3.06. The number of nitrogens with one attached hydrogen (secondary N) is 2. The van der Waals surface area contributed by atoms with Gasteiger partial charge in [-0.25, -0.2) is 0 Å². The summed E-state index contributed by atoms with van der Waals surface area (Å²) >= 11 is 0. The number of aromatic nitrogens is 1. The number of pyridine rings is 1. The first-order valence-electron chi connectivity index (χ1n) is 5.94. The lowest BCUT2D eigenvalue weighted by Crippen LogP contribution is -2.36. The van der Waals surface area contributed by atoms with Crippen molar-refractivity contribution in [1.82, 2.24) is 10.3 Å². The number of amides is 1. The number of hydrazine groups is 1. The van der Waals surface area contributed by atoms with E-state index in [1.54, 1.807) is 18.5 Å². The van der Waals surface area contributed by atoms with Crippen LogP contribution in [0.2, 0.25) is 0 Å². The Hall–Kier alpha value is -1.62. The maximum atomic E-state index is 12.1. The molecule has 0 radical (unpaired) electrons. The van der Waals surface area contributed by atoms with Gasteiger partial charge < -0.3 is 10.7 Å². The third kappa shape index (κ3) is 2.55. The number of hydrogen-bond acceptors (Lipinski definition) is 4. The van der Waals surface area contributed by atoms with E-state index in [-0.39, 0.29) is 11.9 Å². The molecule has 1 heterocycles. The topological polar surface area (TPSA) is 80.0 Å². The fraction of sp³-hybridized carbons (Fsp3) is 0.500. The highest BCUT2D eigenvalue weighted by Crippen LogP contribution is 2.25. The molecule has 0 bridgehead atoms. The standard InChI is InChI=1S/C12H18N4O/c1-8-3-2-4-10(8)15-12(17)9-5-6-14-7-11(9)16-13/h5-8,10,16H,2-4,13H2,1H3,(H,15,17). The van der Waals surface area contributed by atoms with E-state index in [9.17, 15) is 4.79 Å². The Bertz CT molecular complexity index is 407. The minimum atomic E-state index is -0.0842. The first-order chi connectivity index (χ1) is 8.22. The van der Waals surface area contributed by atoms with Crippen molar-refractivity contribution in [1.29, 1.82) is 0 Å². The second kappa shape index (κ2) is 5.14. The van der Waals surface area contributed by atoms with Crippen LogP contribution in [0.15, 0.2) is 18.5 Å². The minimum Gasteiger partial charge on any atom is -0.349 e. The second-order valence-corrected chi connectivity index (χ2v) is 4.55. The lowest BCUT2D eigenvalue weighted by molar-refractivity contribution is 0.0930. The summed E-state index contributed by atoms with van der Waals surface area (Å²) in [6.45, 7) is 2.17. The molecule has 5 heteroatoms. The second-order valence-electron chi connectivity index (χ2n) is 4.55. The van der Waals surface area contributed by atoms with Gasteiger partial charge in [0.1, 0.15) is 0 Å². The largest absolute Gasteiger partial charge is 0.349 e. The molecule has 2 rings (SSSR count). The van der Waals surface area contributed by atoms with Crippen LogP contribution >= 0.6 is 0 Å².